The Labute approximate surface area is 124 Å². The number of aryl methyl sites for hydroxylation is 1. The molecular formula is C14H18N4O2S. The van der Waals surface area contributed by atoms with Crippen LogP contribution in [0.2, 0.25) is 0 Å². The van der Waals surface area contributed by atoms with Gasteiger partial charge in [0.2, 0.25) is 10.0 Å². The summed E-state index contributed by atoms with van der Waals surface area (Å²) < 4.78 is 25.6. The molecule has 0 saturated heterocycles. The number of aromatic nitrogens is 2. The van der Waals surface area contributed by atoms with Gasteiger partial charge in [0.1, 0.15) is 0 Å². The van der Waals surface area contributed by atoms with E-state index in [-0.39, 0.29) is 11.6 Å². The summed E-state index contributed by atoms with van der Waals surface area (Å²) in [5.41, 5.74) is 2.07. The number of anilines is 3. The Morgan fingerprint density at radius 3 is 2.19 bits per heavy atom. The van der Waals surface area contributed by atoms with Crippen molar-refractivity contribution in [2.24, 2.45) is 0 Å². The van der Waals surface area contributed by atoms with Gasteiger partial charge in [0, 0.05) is 5.69 Å². The molecule has 2 N–H and O–H groups in total. The summed E-state index contributed by atoms with van der Waals surface area (Å²) in [6.07, 6.45) is 0.551. The van der Waals surface area contributed by atoms with Crippen molar-refractivity contribution in [3.8, 4) is 0 Å². The second kappa shape index (κ2) is 6.53. The number of hydrogen-bond donors (Lipinski definition) is 2. The number of rotatable bonds is 6. The van der Waals surface area contributed by atoms with Crippen LogP contribution in [0.3, 0.4) is 0 Å². The monoisotopic (exact) mass is 306 g/mol. The molecule has 1 aromatic carbocycles. The molecule has 7 heteroatoms. The third-order valence-electron chi connectivity index (χ3n) is 2.72. The highest BCUT2D eigenvalue weighted by Crippen LogP contribution is 2.15. The smallest absolute Gasteiger partial charge is 0.233 e. The van der Waals surface area contributed by atoms with Gasteiger partial charge >= 0.3 is 0 Å². The molecule has 112 valence electrons. The molecule has 2 aromatic rings. The lowest BCUT2D eigenvalue weighted by Crippen LogP contribution is -2.17. The molecule has 21 heavy (non-hydrogen) atoms. The fraction of sp³-hybridized carbons (Fsp3) is 0.286. The lowest BCUT2D eigenvalue weighted by molar-refractivity contribution is 0.599. The Balaban J connectivity index is 2.03. The average molecular weight is 306 g/mol. The summed E-state index contributed by atoms with van der Waals surface area (Å²) in [4.78, 5) is 0. The molecule has 1 heterocycles. The van der Waals surface area contributed by atoms with Crippen molar-refractivity contribution in [3.63, 3.8) is 0 Å². The average Bonchev–Trinajstić information content (AvgIpc) is 2.43. The molecule has 0 amide bonds. The zero-order valence-electron chi connectivity index (χ0n) is 12.0. The molecular weight excluding hydrogens is 288 g/mol. The summed E-state index contributed by atoms with van der Waals surface area (Å²) in [5.74, 6) is 0.841. The van der Waals surface area contributed by atoms with E-state index in [1.165, 1.54) is 5.56 Å². The fourth-order valence-electron chi connectivity index (χ4n) is 1.72. The molecule has 6 nitrogen and oxygen atoms in total. The molecule has 0 spiro atoms. The molecule has 0 aliphatic carbocycles. The number of nitrogens with one attached hydrogen (secondary N) is 2. The summed E-state index contributed by atoms with van der Waals surface area (Å²) in [5, 5.41) is 10.9. The van der Waals surface area contributed by atoms with Gasteiger partial charge in [-0.25, -0.2) is 8.42 Å². The number of nitrogens with zero attached hydrogens (tertiary/aromatic N) is 2. The van der Waals surface area contributed by atoms with Gasteiger partial charge in [-0.3, -0.25) is 4.72 Å². The van der Waals surface area contributed by atoms with E-state index in [4.69, 9.17) is 0 Å². The maximum atomic E-state index is 11.6. The lowest BCUT2D eigenvalue weighted by Gasteiger charge is -2.07. The Morgan fingerprint density at radius 1 is 1.00 bits per heavy atom. The predicted molar refractivity (Wildman–Crippen MR) is 84.2 cm³/mol. The van der Waals surface area contributed by atoms with E-state index in [0.717, 1.165) is 5.69 Å². The summed E-state index contributed by atoms with van der Waals surface area (Å²) >= 11 is 0. The first kappa shape index (κ1) is 15.2. The van der Waals surface area contributed by atoms with E-state index in [9.17, 15) is 8.42 Å². The lowest BCUT2D eigenvalue weighted by atomic mass is 10.2. The number of sulfonamides is 1. The van der Waals surface area contributed by atoms with Crippen LogP contribution >= 0.6 is 0 Å². The van der Waals surface area contributed by atoms with E-state index in [2.05, 4.69) is 20.2 Å². The van der Waals surface area contributed by atoms with Crippen LogP contribution in [-0.2, 0) is 10.0 Å². The molecule has 0 aliphatic heterocycles. The van der Waals surface area contributed by atoms with Gasteiger partial charge in [0.15, 0.2) is 11.6 Å². The van der Waals surface area contributed by atoms with E-state index >= 15 is 0 Å². The third-order valence-corrected chi connectivity index (χ3v) is 4.19. The zero-order chi connectivity index (χ0) is 15.3. The van der Waals surface area contributed by atoms with Crippen LogP contribution in [0.5, 0.6) is 0 Å². The van der Waals surface area contributed by atoms with Crippen molar-refractivity contribution in [2.75, 3.05) is 15.8 Å². The highest BCUT2D eigenvalue weighted by molar-refractivity contribution is 7.92. The van der Waals surface area contributed by atoms with Gasteiger partial charge in [-0.2, -0.15) is 0 Å². The van der Waals surface area contributed by atoms with Gasteiger partial charge in [-0.1, -0.05) is 24.6 Å². The van der Waals surface area contributed by atoms with E-state index < -0.39 is 10.0 Å². The van der Waals surface area contributed by atoms with E-state index in [1.807, 2.05) is 31.2 Å². The molecule has 1 aromatic heterocycles. The first-order valence-electron chi connectivity index (χ1n) is 6.66. The summed E-state index contributed by atoms with van der Waals surface area (Å²) in [6, 6.07) is 11.1. The Hall–Kier alpha value is -2.15. The van der Waals surface area contributed by atoms with Crippen LogP contribution in [0.15, 0.2) is 36.4 Å². The second-order valence-electron chi connectivity index (χ2n) is 4.72. The van der Waals surface area contributed by atoms with Crippen LogP contribution in [0.25, 0.3) is 0 Å². The highest BCUT2D eigenvalue weighted by Gasteiger charge is 2.09. The quantitative estimate of drug-likeness (QED) is 0.857. The highest BCUT2D eigenvalue weighted by atomic mass is 32.2. The zero-order valence-corrected chi connectivity index (χ0v) is 12.8. The summed E-state index contributed by atoms with van der Waals surface area (Å²) in [6.45, 7) is 3.82. The van der Waals surface area contributed by atoms with Crippen LogP contribution in [-0.4, -0.2) is 24.4 Å². The maximum Gasteiger partial charge on any atom is 0.233 e. The van der Waals surface area contributed by atoms with Crippen molar-refractivity contribution in [3.05, 3.63) is 42.0 Å². The maximum absolute atomic E-state index is 11.6. The van der Waals surface area contributed by atoms with Gasteiger partial charge in [0.05, 0.1) is 5.75 Å². The molecule has 2 rings (SSSR count). The third kappa shape index (κ3) is 4.71. The molecule has 0 atom stereocenters. The van der Waals surface area contributed by atoms with Gasteiger partial charge in [-0.05, 0) is 37.6 Å². The van der Waals surface area contributed by atoms with Crippen LogP contribution in [0.1, 0.15) is 18.9 Å². The van der Waals surface area contributed by atoms with Crippen molar-refractivity contribution in [2.45, 2.75) is 20.3 Å². The molecule has 0 unspecified atom stereocenters. The first-order chi connectivity index (χ1) is 9.98. The number of hydrogen-bond acceptors (Lipinski definition) is 5. The van der Waals surface area contributed by atoms with Crippen LogP contribution < -0.4 is 10.0 Å². The standard InChI is InChI=1S/C14H18N4O2S/c1-3-10-21(19,20)18-14-9-8-13(16-17-14)15-12-6-4-11(2)5-7-12/h4-9H,3,10H2,1-2H3,(H,15,16)(H,17,18). The fourth-order valence-corrected chi connectivity index (χ4v) is 2.78. The van der Waals surface area contributed by atoms with E-state index in [0.29, 0.717) is 12.2 Å². The SMILES string of the molecule is CCCS(=O)(=O)Nc1ccc(Nc2ccc(C)cc2)nn1. The Morgan fingerprint density at radius 2 is 1.62 bits per heavy atom. The largest absolute Gasteiger partial charge is 0.339 e. The Kier molecular flexibility index (Phi) is 4.74. The van der Waals surface area contributed by atoms with Crippen LogP contribution in [0.4, 0.5) is 17.3 Å². The van der Waals surface area contributed by atoms with Gasteiger partial charge < -0.3 is 5.32 Å². The molecule has 0 saturated carbocycles. The van der Waals surface area contributed by atoms with Gasteiger partial charge in [0.25, 0.3) is 0 Å². The van der Waals surface area contributed by atoms with Gasteiger partial charge in [-0.15, -0.1) is 10.2 Å². The van der Waals surface area contributed by atoms with E-state index in [1.54, 1.807) is 19.1 Å². The molecule has 0 bridgehead atoms. The van der Waals surface area contributed by atoms with Crippen LogP contribution in [0, 0.1) is 6.92 Å². The minimum Gasteiger partial charge on any atom is -0.339 e. The molecule has 0 aliphatic rings. The Bertz CT molecular complexity index is 682. The minimum absolute atomic E-state index is 0.0675. The second-order valence-corrected chi connectivity index (χ2v) is 6.56. The van der Waals surface area contributed by atoms with Crippen molar-refractivity contribution in [1.29, 1.82) is 0 Å². The minimum atomic E-state index is -3.33. The normalized spacial score (nSPS) is 11.1. The molecule has 0 fully saturated rings. The predicted octanol–water partition coefficient (Wildman–Crippen LogP) is 2.68. The number of benzene rings is 1. The summed E-state index contributed by atoms with van der Waals surface area (Å²) in [7, 11) is -3.33. The van der Waals surface area contributed by atoms with Crippen molar-refractivity contribution < 1.29 is 8.42 Å². The molecule has 0 radical (unpaired) electrons. The van der Waals surface area contributed by atoms with Crippen molar-refractivity contribution in [1.82, 2.24) is 10.2 Å². The topological polar surface area (TPSA) is 84.0 Å². The first-order valence-corrected chi connectivity index (χ1v) is 8.31. The van der Waals surface area contributed by atoms with Crippen molar-refractivity contribution >= 4 is 27.3 Å².